The van der Waals surface area contributed by atoms with Crippen LogP contribution >= 0.6 is 0 Å². The highest BCUT2D eigenvalue weighted by Gasteiger charge is 2.19. The lowest BCUT2D eigenvalue weighted by Crippen LogP contribution is -2.10. The first-order valence-electron chi connectivity index (χ1n) is 18.3. The third-order valence-electron chi connectivity index (χ3n) is 10.6. The molecule has 0 saturated heterocycles. The zero-order valence-electron chi connectivity index (χ0n) is 29.2. The zero-order valence-corrected chi connectivity index (χ0v) is 29.2. The van der Waals surface area contributed by atoms with E-state index in [2.05, 4.69) is 217 Å². The maximum absolute atomic E-state index is 2.42. The molecule has 10 rings (SSSR count). The average Bonchev–Trinajstić information content (AvgIpc) is 3.24. The van der Waals surface area contributed by atoms with E-state index in [0.717, 1.165) is 17.1 Å². The Morgan fingerprint density at radius 1 is 0.264 bits per heavy atom. The Morgan fingerprint density at radius 2 is 0.717 bits per heavy atom. The van der Waals surface area contributed by atoms with Gasteiger partial charge in [0.05, 0.1) is 5.69 Å². The van der Waals surface area contributed by atoms with E-state index < -0.39 is 0 Å². The number of anilines is 3. The average molecular weight is 674 g/mol. The topological polar surface area (TPSA) is 3.24 Å². The van der Waals surface area contributed by atoms with Crippen LogP contribution in [0.2, 0.25) is 0 Å². The van der Waals surface area contributed by atoms with Gasteiger partial charge in [-0.2, -0.15) is 0 Å². The van der Waals surface area contributed by atoms with Gasteiger partial charge < -0.3 is 4.90 Å². The summed E-state index contributed by atoms with van der Waals surface area (Å²) >= 11 is 0. The molecule has 53 heavy (non-hydrogen) atoms. The minimum absolute atomic E-state index is 1.11. The lowest BCUT2D eigenvalue weighted by atomic mass is 9.91. The zero-order chi connectivity index (χ0) is 35.1. The second-order valence-corrected chi connectivity index (χ2v) is 13.7. The van der Waals surface area contributed by atoms with Gasteiger partial charge in [-0.1, -0.05) is 182 Å². The van der Waals surface area contributed by atoms with Gasteiger partial charge in [0.1, 0.15) is 0 Å². The van der Waals surface area contributed by atoms with Crippen LogP contribution in [0.1, 0.15) is 0 Å². The van der Waals surface area contributed by atoms with Crippen LogP contribution in [0.5, 0.6) is 0 Å². The highest BCUT2D eigenvalue weighted by Crippen LogP contribution is 2.44. The van der Waals surface area contributed by atoms with Crippen molar-refractivity contribution in [2.45, 2.75) is 0 Å². The third-order valence-corrected chi connectivity index (χ3v) is 10.6. The van der Waals surface area contributed by atoms with Gasteiger partial charge in [-0.05, 0) is 101 Å². The monoisotopic (exact) mass is 673 g/mol. The van der Waals surface area contributed by atoms with Gasteiger partial charge in [-0.3, -0.25) is 0 Å². The summed E-state index contributed by atoms with van der Waals surface area (Å²) in [5.74, 6) is 0. The molecule has 0 bridgehead atoms. The lowest BCUT2D eigenvalue weighted by molar-refractivity contribution is 1.30. The van der Waals surface area contributed by atoms with Crippen LogP contribution in [-0.2, 0) is 0 Å². The Hall–Kier alpha value is -6.96. The summed E-state index contributed by atoms with van der Waals surface area (Å²) in [4.78, 5) is 2.42. The van der Waals surface area contributed by atoms with Gasteiger partial charge in [-0.25, -0.2) is 0 Å². The smallest absolute Gasteiger partial charge is 0.0546 e. The summed E-state index contributed by atoms with van der Waals surface area (Å²) in [6, 6.07) is 77.2. The second kappa shape index (κ2) is 13.0. The molecule has 0 aliphatic carbocycles. The van der Waals surface area contributed by atoms with Crippen LogP contribution in [0.3, 0.4) is 0 Å². The molecule has 0 spiro atoms. The molecule has 0 amide bonds. The Bertz CT molecular complexity index is 2910. The van der Waals surface area contributed by atoms with E-state index in [1.54, 1.807) is 0 Å². The molecule has 0 saturated carbocycles. The number of benzene rings is 10. The first-order valence-corrected chi connectivity index (χ1v) is 18.3. The lowest BCUT2D eigenvalue weighted by Gasteiger charge is -2.28. The number of fused-ring (bicyclic) bond motifs is 5. The van der Waals surface area contributed by atoms with Crippen LogP contribution < -0.4 is 4.90 Å². The van der Waals surface area contributed by atoms with E-state index in [-0.39, 0.29) is 0 Å². The Balaban J connectivity index is 1.14. The van der Waals surface area contributed by atoms with Gasteiger partial charge in [0.2, 0.25) is 0 Å². The molecule has 0 fully saturated rings. The number of hydrogen-bond donors (Lipinski definition) is 0. The van der Waals surface area contributed by atoms with Gasteiger partial charge in [0, 0.05) is 16.8 Å². The quantitative estimate of drug-likeness (QED) is 0.159. The van der Waals surface area contributed by atoms with Gasteiger partial charge in [0.15, 0.2) is 0 Å². The van der Waals surface area contributed by atoms with E-state index in [4.69, 9.17) is 0 Å². The van der Waals surface area contributed by atoms with Crippen molar-refractivity contribution in [1.82, 2.24) is 0 Å². The van der Waals surface area contributed by atoms with Gasteiger partial charge >= 0.3 is 0 Å². The molecule has 10 aromatic carbocycles. The maximum atomic E-state index is 2.42. The molecule has 0 N–H and O–H groups in total. The summed E-state index contributed by atoms with van der Waals surface area (Å²) in [6.07, 6.45) is 0. The Labute approximate surface area is 309 Å². The molecule has 10 aromatic rings. The molecule has 248 valence electrons. The van der Waals surface area contributed by atoms with Gasteiger partial charge in [-0.15, -0.1) is 0 Å². The van der Waals surface area contributed by atoms with E-state index in [9.17, 15) is 0 Å². The van der Waals surface area contributed by atoms with Crippen LogP contribution in [0.25, 0.3) is 76.5 Å². The fraction of sp³-hybridized carbons (Fsp3) is 0. The Kier molecular flexibility index (Phi) is 7.55. The van der Waals surface area contributed by atoms with Crippen molar-refractivity contribution in [3.8, 4) is 33.4 Å². The maximum Gasteiger partial charge on any atom is 0.0546 e. The van der Waals surface area contributed by atoms with Crippen LogP contribution in [0.4, 0.5) is 17.1 Å². The van der Waals surface area contributed by atoms with E-state index in [0.29, 0.717) is 0 Å². The van der Waals surface area contributed by atoms with Crippen molar-refractivity contribution in [2.24, 2.45) is 0 Å². The highest BCUT2D eigenvalue weighted by molar-refractivity contribution is 6.15. The molecule has 0 heterocycles. The van der Waals surface area contributed by atoms with Crippen molar-refractivity contribution >= 4 is 60.2 Å². The largest absolute Gasteiger partial charge is 0.310 e. The molecule has 0 aliphatic rings. The van der Waals surface area contributed by atoms with Crippen molar-refractivity contribution in [3.05, 3.63) is 212 Å². The highest BCUT2D eigenvalue weighted by atomic mass is 15.1. The molecule has 0 atom stereocenters. The molecule has 1 nitrogen and oxygen atoms in total. The molecule has 0 aromatic heterocycles. The summed E-state index contributed by atoms with van der Waals surface area (Å²) in [6.45, 7) is 0. The SMILES string of the molecule is c1ccc(-c2cccc3cccc(-c4ccc(N(c5ccc(-c6cccc7ccccc67)cc5)c5cc6ccccc6c6ccccc56)cc4)c23)cc1. The van der Waals surface area contributed by atoms with E-state index >= 15 is 0 Å². The summed E-state index contributed by atoms with van der Waals surface area (Å²) in [5, 5.41) is 9.98. The minimum atomic E-state index is 1.11. The Morgan fingerprint density at radius 3 is 1.38 bits per heavy atom. The first-order chi connectivity index (χ1) is 26.3. The summed E-state index contributed by atoms with van der Waals surface area (Å²) < 4.78 is 0. The predicted molar refractivity (Wildman–Crippen MR) is 227 cm³/mol. The van der Waals surface area contributed by atoms with Gasteiger partial charge in [0.25, 0.3) is 0 Å². The standard InChI is InChI=1S/C52H35N/c1-2-13-37(14-3-1)47-25-11-18-40-19-12-26-48(52(40)47)39-29-33-43(34-30-39)53(51-35-41-16-5-7-21-46(41)49-22-8-9-23-50(49)51)42-31-27-38(28-32-42)45-24-10-17-36-15-4-6-20-44(36)45/h1-35H. The van der Waals surface area contributed by atoms with Crippen molar-refractivity contribution < 1.29 is 0 Å². The minimum Gasteiger partial charge on any atom is -0.310 e. The van der Waals surface area contributed by atoms with E-state index in [1.165, 1.54) is 76.5 Å². The molecule has 0 aliphatic heterocycles. The number of hydrogen-bond acceptors (Lipinski definition) is 1. The number of rotatable bonds is 6. The molecule has 0 radical (unpaired) electrons. The summed E-state index contributed by atoms with van der Waals surface area (Å²) in [5.41, 5.74) is 10.7. The second-order valence-electron chi connectivity index (χ2n) is 13.7. The normalized spacial score (nSPS) is 11.4. The fourth-order valence-corrected chi connectivity index (χ4v) is 8.14. The van der Waals surface area contributed by atoms with E-state index in [1.807, 2.05) is 0 Å². The number of nitrogens with zero attached hydrogens (tertiary/aromatic N) is 1. The predicted octanol–water partition coefficient (Wildman–Crippen LogP) is 14.8. The fourth-order valence-electron chi connectivity index (χ4n) is 8.14. The molecule has 1 heteroatoms. The molecular weight excluding hydrogens is 639 g/mol. The molecular formula is C52H35N. The summed E-state index contributed by atoms with van der Waals surface area (Å²) in [7, 11) is 0. The van der Waals surface area contributed by atoms with Crippen molar-refractivity contribution in [2.75, 3.05) is 4.90 Å². The van der Waals surface area contributed by atoms with Crippen LogP contribution in [0, 0.1) is 0 Å². The van der Waals surface area contributed by atoms with Crippen molar-refractivity contribution in [3.63, 3.8) is 0 Å². The van der Waals surface area contributed by atoms with Crippen molar-refractivity contribution in [1.29, 1.82) is 0 Å². The molecule has 0 unspecified atom stereocenters. The van der Waals surface area contributed by atoms with Crippen LogP contribution in [0.15, 0.2) is 212 Å². The third kappa shape index (κ3) is 5.42. The first kappa shape index (κ1) is 30.8. The van der Waals surface area contributed by atoms with Crippen LogP contribution in [-0.4, -0.2) is 0 Å².